The van der Waals surface area contributed by atoms with E-state index in [0.717, 1.165) is 33.3 Å². The van der Waals surface area contributed by atoms with Gasteiger partial charge in [0.1, 0.15) is 11.2 Å². The van der Waals surface area contributed by atoms with E-state index in [9.17, 15) is 0 Å². The summed E-state index contributed by atoms with van der Waals surface area (Å²) in [6.45, 7) is 0. The first-order valence-corrected chi connectivity index (χ1v) is 19.3. The fraction of sp³-hybridized carbons (Fsp3) is 0. The van der Waals surface area contributed by atoms with Crippen molar-refractivity contribution in [3.8, 4) is 11.4 Å². The number of aromatic nitrogens is 2. The average Bonchev–Trinajstić information content (AvgIpc) is 3.86. The Bertz CT molecular complexity index is 3040. The van der Waals surface area contributed by atoms with Gasteiger partial charge in [0.2, 0.25) is 0 Å². The summed E-state index contributed by atoms with van der Waals surface area (Å²) >= 11 is 0. The quantitative estimate of drug-likeness (QED) is 0.131. The number of hydrogen-bond donors (Lipinski definition) is 0. The topological polar surface area (TPSA) is 23.0 Å². The molecule has 52 heavy (non-hydrogen) atoms. The van der Waals surface area contributed by atoms with Gasteiger partial charge in [-0.2, -0.15) is 0 Å². The molecule has 3 aromatic heterocycles. The van der Waals surface area contributed by atoms with E-state index in [2.05, 4.69) is 197 Å². The van der Waals surface area contributed by atoms with Crippen LogP contribution in [0, 0.1) is 0 Å². The summed E-state index contributed by atoms with van der Waals surface area (Å²) in [6.07, 6.45) is 0. The van der Waals surface area contributed by atoms with Crippen molar-refractivity contribution >= 4 is 89.9 Å². The van der Waals surface area contributed by atoms with Gasteiger partial charge in [-0.05, 0) is 59.8 Å². The van der Waals surface area contributed by atoms with Gasteiger partial charge in [0.25, 0.3) is 0 Å². The van der Waals surface area contributed by atoms with Crippen molar-refractivity contribution in [2.75, 3.05) is 0 Å². The van der Waals surface area contributed by atoms with Crippen LogP contribution in [-0.2, 0) is 0 Å². The molecule has 0 N–H and O–H groups in total. The highest BCUT2D eigenvalue weighted by molar-refractivity contribution is 6.96. The standard InChI is InChI=1S/C48H31N2OSi/c1-3-15-34(16-4-1)52(35-17-5-2-6-18-35)47-31-33(30-41-39-22-10-14-26-46(39)51-48(41)47)50-44-25-13-9-21-38(44)40-29-32(27-28-45(40)50)49-42-23-11-7-19-36(42)37-20-8-12-24-43(37)49/h1-31H. The number of fused-ring (bicyclic) bond motifs is 9. The highest BCUT2D eigenvalue weighted by Gasteiger charge is 2.26. The third-order valence-electron chi connectivity index (χ3n) is 10.6. The zero-order chi connectivity index (χ0) is 34.2. The number of furan rings is 1. The second kappa shape index (κ2) is 11.5. The van der Waals surface area contributed by atoms with Crippen LogP contribution in [0.1, 0.15) is 0 Å². The molecule has 8 aromatic carbocycles. The van der Waals surface area contributed by atoms with Crippen molar-refractivity contribution in [3.05, 3.63) is 188 Å². The minimum absolute atomic E-state index is 0.913. The Morgan fingerprint density at radius 3 is 1.42 bits per heavy atom. The number of para-hydroxylation sites is 4. The van der Waals surface area contributed by atoms with E-state index in [1.165, 1.54) is 59.2 Å². The zero-order valence-corrected chi connectivity index (χ0v) is 29.2. The van der Waals surface area contributed by atoms with Crippen LogP contribution in [0.3, 0.4) is 0 Å². The first kappa shape index (κ1) is 29.1. The van der Waals surface area contributed by atoms with Gasteiger partial charge in [-0.1, -0.05) is 144 Å². The van der Waals surface area contributed by atoms with Crippen molar-refractivity contribution in [1.29, 1.82) is 0 Å². The molecule has 0 saturated heterocycles. The summed E-state index contributed by atoms with van der Waals surface area (Å²) in [6, 6.07) is 68.4. The van der Waals surface area contributed by atoms with E-state index < -0.39 is 8.80 Å². The highest BCUT2D eigenvalue weighted by atomic mass is 28.3. The molecule has 0 aliphatic carbocycles. The lowest BCUT2D eigenvalue weighted by molar-refractivity contribution is 0.671. The molecule has 1 radical (unpaired) electrons. The van der Waals surface area contributed by atoms with E-state index in [4.69, 9.17) is 4.42 Å². The van der Waals surface area contributed by atoms with E-state index in [1.807, 2.05) is 0 Å². The van der Waals surface area contributed by atoms with Crippen molar-refractivity contribution in [1.82, 2.24) is 9.13 Å². The number of rotatable bonds is 5. The van der Waals surface area contributed by atoms with Gasteiger partial charge >= 0.3 is 0 Å². The summed E-state index contributed by atoms with van der Waals surface area (Å²) in [4.78, 5) is 0. The highest BCUT2D eigenvalue weighted by Crippen LogP contribution is 2.38. The smallest absolute Gasteiger partial charge is 0.159 e. The van der Waals surface area contributed by atoms with Crippen LogP contribution in [0.5, 0.6) is 0 Å². The molecule has 4 heteroatoms. The molecule has 11 aromatic rings. The molecule has 243 valence electrons. The molecule has 0 unspecified atom stereocenters. The molecule has 0 atom stereocenters. The Kier molecular flexibility index (Phi) is 6.42. The maximum absolute atomic E-state index is 6.80. The fourth-order valence-electron chi connectivity index (χ4n) is 8.39. The van der Waals surface area contributed by atoms with Gasteiger partial charge < -0.3 is 13.6 Å². The molecule has 3 heterocycles. The van der Waals surface area contributed by atoms with Gasteiger partial charge in [0.15, 0.2) is 8.80 Å². The SMILES string of the molecule is c1ccc([Si](c2ccccc2)c2cc(-n3c4ccccc4c4cc(-n5c6ccccc6c6ccccc65)ccc43)cc3c2oc2ccccc23)cc1. The molecule has 0 bridgehead atoms. The second-order valence-corrected chi connectivity index (χ2v) is 15.9. The van der Waals surface area contributed by atoms with Gasteiger partial charge in [0.05, 0.1) is 22.1 Å². The number of benzene rings is 8. The molecular weight excluding hydrogens is 649 g/mol. The van der Waals surface area contributed by atoms with Crippen LogP contribution in [0.25, 0.3) is 76.9 Å². The van der Waals surface area contributed by atoms with Gasteiger partial charge in [-0.25, -0.2) is 0 Å². The van der Waals surface area contributed by atoms with Crippen LogP contribution in [0.2, 0.25) is 0 Å². The summed E-state index contributed by atoms with van der Waals surface area (Å²) < 4.78 is 11.7. The fourth-order valence-corrected chi connectivity index (χ4v) is 11.1. The molecule has 0 amide bonds. The molecule has 3 nitrogen and oxygen atoms in total. The Hall–Kier alpha value is -6.62. The summed E-state index contributed by atoms with van der Waals surface area (Å²) in [5.41, 5.74) is 8.97. The van der Waals surface area contributed by atoms with Crippen LogP contribution < -0.4 is 15.6 Å². The number of hydrogen-bond acceptors (Lipinski definition) is 1. The summed E-state index contributed by atoms with van der Waals surface area (Å²) in [5, 5.41) is 11.2. The van der Waals surface area contributed by atoms with Crippen molar-refractivity contribution < 1.29 is 4.42 Å². The van der Waals surface area contributed by atoms with Crippen molar-refractivity contribution in [3.63, 3.8) is 0 Å². The normalized spacial score (nSPS) is 12.0. The molecule has 0 spiro atoms. The van der Waals surface area contributed by atoms with Gasteiger partial charge in [-0.15, -0.1) is 0 Å². The molecular formula is C48H31N2OSi. The summed E-state index contributed by atoms with van der Waals surface area (Å²) in [7, 11) is -1.45. The number of nitrogens with zero attached hydrogens (tertiary/aromatic N) is 2. The first-order valence-electron chi connectivity index (χ1n) is 17.8. The Morgan fingerprint density at radius 1 is 0.346 bits per heavy atom. The maximum atomic E-state index is 6.80. The predicted octanol–water partition coefficient (Wildman–Crippen LogP) is 10.3. The van der Waals surface area contributed by atoms with Crippen LogP contribution in [0.15, 0.2) is 192 Å². The summed E-state index contributed by atoms with van der Waals surface area (Å²) in [5.74, 6) is 0. The minimum atomic E-state index is -1.45. The first-order chi connectivity index (χ1) is 25.8. The predicted molar refractivity (Wildman–Crippen MR) is 220 cm³/mol. The van der Waals surface area contributed by atoms with E-state index in [1.54, 1.807) is 0 Å². The molecule has 0 aliphatic rings. The maximum Gasteiger partial charge on any atom is 0.159 e. The van der Waals surface area contributed by atoms with E-state index in [0.29, 0.717) is 0 Å². The van der Waals surface area contributed by atoms with Crippen molar-refractivity contribution in [2.45, 2.75) is 0 Å². The van der Waals surface area contributed by atoms with Crippen molar-refractivity contribution in [2.24, 2.45) is 0 Å². The third kappa shape index (κ3) is 4.31. The molecule has 0 aliphatic heterocycles. The lowest BCUT2D eigenvalue weighted by Crippen LogP contribution is -2.52. The molecule has 0 saturated carbocycles. The Balaban J connectivity index is 1.21. The van der Waals surface area contributed by atoms with Crippen LogP contribution >= 0.6 is 0 Å². The van der Waals surface area contributed by atoms with Crippen LogP contribution in [-0.4, -0.2) is 17.9 Å². The van der Waals surface area contributed by atoms with E-state index >= 15 is 0 Å². The second-order valence-electron chi connectivity index (χ2n) is 13.5. The molecule has 11 rings (SSSR count). The van der Waals surface area contributed by atoms with Crippen LogP contribution in [0.4, 0.5) is 0 Å². The third-order valence-corrected chi connectivity index (χ3v) is 13.3. The van der Waals surface area contributed by atoms with Gasteiger partial charge in [0, 0.05) is 43.7 Å². The average molecular weight is 680 g/mol. The Morgan fingerprint density at radius 2 is 0.808 bits per heavy atom. The largest absolute Gasteiger partial charge is 0.456 e. The van der Waals surface area contributed by atoms with Gasteiger partial charge in [-0.3, -0.25) is 0 Å². The van der Waals surface area contributed by atoms with E-state index in [-0.39, 0.29) is 0 Å². The monoisotopic (exact) mass is 679 g/mol. The lowest BCUT2D eigenvalue weighted by atomic mass is 10.1. The Labute approximate surface area is 301 Å². The lowest BCUT2D eigenvalue weighted by Gasteiger charge is -2.19. The minimum Gasteiger partial charge on any atom is -0.456 e. The zero-order valence-electron chi connectivity index (χ0n) is 28.2. The molecule has 0 fully saturated rings.